The number of nitrogens with zero attached hydrogens (tertiary/aromatic N) is 2. The van der Waals surface area contributed by atoms with Crippen molar-refractivity contribution in [1.82, 2.24) is 15.1 Å². The Morgan fingerprint density at radius 2 is 1.87 bits per heavy atom. The third kappa shape index (κ3) is 7.34. The van der Waals surface area contributed by atoms with Gasteiger partial charge < -0.3 is 10.6 Å². The summed E-state index contributed by atoms with van der Waals surface area (Å²) in [7, 11) is 0. The molecular weight excluding hydrogens is 621 g/mol. The van der Waals surface area contributed by atoms with Gasteiger partial charge in [0.1, 0.15) is 5.00 Å². The largest absolute Gasteiger partial charge is 0.417 e. The molecule has 11 heteroatoms. The van der Waals surface area contributed by atoms with Gasteiger partial charge in [0.25, 0.3) is 5.91 Å². The van der Waals surface area contributed by atoms with E-state index in [-0.39, 0.29) is 28.4 Å². The molecule has 2 aromatic heterocycles. The third-order valence-corrected chi connectivity index (χ3v) is 9.85. The van der Waals surface area contributed by atoms with Crippen molar-refractivity contribution in [3.63, 3.8) is 0 Å². The van der Waals surface area contributed by atoms with Gasteiger partial charge in [0, 0.05) is 29.2 Å². The summed E-state index contributed by atoms with van der Waals surface area (Å²) in [6.07, 6.45) is 2.45. The van der Waals surface area contributed by atoms with Crippen LogP contribution in [-0.4, -0.2) is 27.5 Å². The number of ketones is 1. The molecule has 0 atom stereocenters. The smallest absolute Gasteiger partial charge is 0.313 e. The number of amides is 1. The molecule has 2 heterocycles. The molecule has 6 nitrogen and oxygen atoms in total. The van der Waals surface area contributed by atoms with Crippen molar-refractivity contribution in [1.29, 1.82) is 0 Å². The molecule has 1 aliphatic rings. The second-order valence-electron chi connectivity index (χ2n) is 12.3. The lowest BCUT2D eigenvalue weighted by Gasteiger charge is -2.29. The minimum atomic E-state index is -4.64. The normalized spacial score (nSPS) is 14.4. The maximum atomic E-state index is 14.1. The summed E-state index contributed by atoms with van der Waals surface area (Å²) < 4.78 is 41.6. The van der Waals surface area contributed by atoms with Gasteiger partial charge in [-0.25, -0.2) is 4.68 Å². The number of hydrogen-bond acceptors (Lipinski definition) is 5. The van der Waals surface area contributed by atoms with Crippen LogP contribution >= 0.6 is 22.9 Å². The molecule has 0 bridgehead atoms. The van der Waals surface area contributed by atoms with Gasteiger partial charge in [0.2, 0.25) is 0 Å². The Kier molecular flexibility index (Phi) is 9.58. The van der Waals surface area contributed by atoms with Crippen LogP contribution in [0.15, 0.2) is 54.9 Å². The van der Waals surface area contributed by atoms with E-state index in [1.54, 1.807) is 6.07 Å². The minimum Gasteiger partial charge on any atom is -0.313 e. The summed E-state index contributed by atoms with van der Waals surface area (Å²) in [5.74, 6) is -0.662. The van der Waals surface area contributed by atoms with Gasteiger partial charge in [0.05, 0.1) is 33.6 Å². The first-order valence-corrected chi connectivity index (χ1v) is 16.2. The first kappa shape index (κ1) is 32.9. The lowest BCUT2D eigenvalue weighted by molar-refractivity contribution is -0.137. The number of aromatic nitrogens is 2. The SMILES string of the molecule is CCC(CC)NCc1cccc(C(=O)Nc2sc3c(c2C(=O)c2cnn(-c4ccc(Cl)c(C(F)(F)F)c4)c2)CCC(C)(C)C3)c1. The predicted molar refractivity (Wildman–Crippen MR) is 173 cm³/mol. The first-order valence-electron chi connectivity index (χ1n) is 15.0. The van der Waals surface area contributed by atoms with Gasteiger partial charge in [-0.15, -0.1) is 11.3 Å². The standard InChI is InChI=1S/C34H36ClF3N4O2S/c1-5-23(6-2)39-17-20-8-7-9-21(14-20)31(44)41-32-29(25-12-13-33(3,4)16-28(25)45-32)30(43)22-18-40-42(19-22)24-10-11-27(35)26(15-24)34(36,37)38/h7-11,14-15,18-19,23,39H,5-6,12-13,16-17H2,1-4H3,(H,41,44). The zero-order chi connectivity index (χ0) is 32.5. The van der Waals surface area contributed by atoms with Gasteiger partial charge in [-0.05, 0) is 79.0 Å². The van der Waals surface area contributed by atoms with Crippen molar-refractivity contribution < 1.29 is 22.8 Å². The van der Waals surface area contributed by atoms with Gasteiger partial charge in [-0.2, -0.15) is 18.3 Å². The van der Waals surface area contributed by atoms with Crippen LogP contribution in [0, 0.1) is 5.41 Å². The molecule has 2 N–H and O–H groups in total. The van der Waals surface area contributed by atoms with E-state index < -0.39 is 16.8 Å². The summed E-state index contributed by atoms with van der Waals surface area (Å²) in [5, 5.41) is 10.8. The van der Waals surface area contributed by atoms with Crippen molar-refractivity contribution in [2.75, 3.05) is 5.32 Å². The van der Waals surface area contributed by atoms with Crippen molar-refractivity contribution in [3.05, 3.63) is 98.1 Å². The highest BCUT2D eigenvalue weighted by Gasteiger charge is 2.35. The first-order chi connectivity index (χ1) is 21.3. The van der Waals surface area contributed by atoms with Gasteiger partial charge >= 0.3 is 6.18 Å². The van der Waals surface area contributed by atoms with Crippen LogP contribution in [0.2, 0.25) is 5.02 Å². The van der Waals surface area contributed by atoms with Crippen molar-refractivity contribution in [2.24, 2.45) is 5.41 Å². The highest BCUT2D eigenvalue weighted by Crippen LogP contribution is 2.45. The second-order valence-corrected chi connectivity index (χ2v) is 13.8. The molecule has 1 aliphatic carbocycles. The number of benzene rings is 2. The molecule has 5 rings (SSSR count). The van der Waals surface area contributed by atoms with Crippen LogP contribution < -0.4 is 10.6 Å². The number of alkyl halides is 3. The Bertz CT molecular complexity index is 1720. The topological polar surface area (TPSA) is 76.0 Å². The number of halogens is 4. The lowest BCUT2D eigenvalue weighted by Crippen LogP contribution is -2.27. The minimum absolute atomic E-state index is 0.0469. The molecule has 0 radical (unpaired) electrons. The lowest BCUT2D eigenvalue weighted by atomic mass is 9.76. The summed E-state index contributed by atoms with van der Waals surface area (Å²) in [6.45, 7) is 9.28. The highest BCUT2D eigenvalue weighted by molar-refractivity contribution is 7.17. The molecular formula is C34H36ClF3N4O2S. The van der Waals surface area contributed by atoms with Crippen LogP contribution in [-0.2, 0) is 25.6 Å². The number of hydrogen-bond donors (Lipinski definition) is 2. The molecule has 0 fully saturated rings. The van der Waals surface area contributed by atoms with Crippen LogP contribution in [0.1, 0.15) is 94.8 Å². The van der Waals surface area contributed by atoms with Crippen molar-refractivity contribution in [3.8, 4) is 5.69 Å². The van der Waals surface area contributed by atoms with E-state index in [0.29, 0.717) is 35.1 Å². The van der Waals surface area contributed by atoms with E-state index in [1.165, 1.54) is 34.5 Å². The average Bonchev–Trinajstić information content (AvgIpc) is 3.61. The number of carbonyl (C=O) groups is 2. The molecule has 1 amide bonds. The van der Waals surface area contributed by atoms with Gasteiger partial charge in [-0.3, -0.25) is 9.59 Å². The maximum Gasteiger partial charge on any atom is 0.417 e. The van der Waals surface area contributed by atoms with Crippen molar-refractivity contribution in [2.45, 2.75) is 78.6 Å². The Hall–Kier alpha value is -3.47. The van der Waals surface area contributed by atoms with Gasteiger partial charge in [0.15, 0.2) is 5.78 Å². The maximum absolute atomic E-state index is 14.1. The summed E-state index contributed by atoms with van der Waals surface area (Å²) in [6, 6.07) is 11.3. The number of nitrogens with one attached hydrogen (secondary N) is 2. The van der Waals surface area contributed by atoms with E-state index in [1.807, 2.05) is 18.2 Å². The fraction of sp³-hybridized carbons (Fsp3) is 0.382. The summed E-state index contributed by atoms with van der Waals surface area (Å²) in [4.78, 5) is 28.6. The predicted octanol–water partition coefficient (Wildman–Crippen LogP) is 8.88. The zero-order valence-electron chi connectivity index (χ0n) is 25.6. The quantitative estimate of drug-likeness (QED) is 0.167. The van der Waals surface area contributed by atoms with Gasteiger partial charge in [-0.1, -0.05) is 51.4 Å². The Morgan fingerprint density at radius 3 is 2.58 bits per heavy atom. The van der Waals surface area contributed by atoms with Crippen LogP contribution in [0.3, 0.4) is 0 Å². The second kappa shape index (κ2) is 13.1. The van der Waals surface area contributed by atoms with E-state index in [9.17, 15) is 22.8 Å². The Balaban J connectivity index is 1.45. The van der Waals surface area contributed by atoms with Crippen LogP contribution in [0.25, 0.3) is 5.69 Å². The number of anilines is 1. The monoisotopic (exact) mass is 656 g/mol. The number of rotatable bonds is 10. The van der Waals surface area contributed by atoms with Crippen LogP contribution in [0.5, 0.6) is 0 Å². The average molecular weight is 657 g/mol. The Morgan fingerprint density at radius 1 is 1.11 bits per heavy atom. The Labute approximate surface area is 270 Å². The molecule has 0 saturated carbocycles. The molecule has 45 heavy (non-hydrogen) atoms. The molecule has 2 aromatic carbocycles. The molecule has 0 unspecified atom stereocenters. The molecule has 4 aromatic rings. The summed E-state index contributed by atoms with van der Waals surface area (Å²) in [5.41, 5.74) is 2.17. The summed E-state index contributed by atoms with van der Waals surface area (Å²) >= 11 is 7.20. The van der Waals surface area contributed by atoms with E-state index in [2.05, 4.69) is 43.4 Å². The number of fused-ring (bicyclic) bond motifs is 1. The molecule has 0 saturated heterocycles. The van der Waals surface area contributed by atoms with E-state index in [4.69, 9.17) is 11.6 Å². The highest BCUT2D eigenvalue weighted by atomic mass is 35.5. The molecule has 0 aliphatic heterocycles. The van der Waals surface area contributed by atoms with E-state index in [0.717, 1.165) is 53.8 Å². The van der Waals surface area contributed by atoms with Crippen LogP contribution in [0.4, 0.5) is 18.2 Å². The third-order valence-electron chi connectivity index (χ3n) is 8.37. The van der Waals surface area contributed by atoms with E-state index >= 15 is 0 Å². The fourth-order valence-corrected chi connectivity index (χ4v) is 7.39. The fourth-order valence-electron chi connectivity index (χ4n) is 5.67. The van der Waals surface area contributed by atoms with Crippen molar-refractivity contribution >= 4 is 39.6 Å². The number of thiophene rings is 1. The zero-order valence-corrected chi connectivity index (χ0v) is 27.2. The molecule has 0 spiro atoms. The molecule has 238 valence electrons. The number of carbonyl (C=O) groups excluding carboxylic acids is 2.